The first kappa shape index (κ1) is 18.2. The fourth-order valence-corrected chi connectivity index (χ4v) is 2.85. The zero-order valence-electron chi connectivity index (χ0n) is 13.5. The maximum atomic E-state index is 11.4. The zero-order valence-corrected chi connectivity index (χ0v) is 13.5. The molecule has 1 heterocycles. The fraction of sp³-hybridized carbons (Fsp3) is 0.625. The van der Waals surface area contributed by atoms with Gasteiger partial charge in [-0.2, -0.15) is 0 Å². The lowest BCUT2D eigenvalue weighted by molar-refractivity contribution is -0.142. The van der Waals surface area contributed by atoms with Gasteiger partial charge in [-0.25, -0.2) is 0 Å². The predicted molar refractivity (Wildman–Crippen MR) is 84.3 cm³/mol. The smallest absolute Gasteiger partial charge is 0.320 e. The molecular weight excluding hydrogens is 284 g/mol. The van der Waals surface area contributed by atoms with Gasteiger partial charge in [0.25, 0.3) is 0 Å². The van der Waals surface area contributed by atoms with Gasteiger partial charge in [0.1, 0.15) is 11.8 Å². The second-order valence-electron chi connectivity index (χ2n) is 5.58. The molecule has 1 rings (SSSR count). The zero-order chi connectivity index (χ0) is 16.7. The molecule has 1 amide bonds. The Bertz CT molecular complexity index is 447. The molecule has 3 unspecified atom stereocenters. The van der Waals surface area contributed by atoms with Crippen molar-refractivity contribution in [3.63, 3.8) is 0 Å². The lowest BCUT2D eigenvalue weighted by Crippen LogP contribution is -2.41. The number of carboxylic acids is 1. The minimum Gasteiger partial charge on any atom is -0.500 e. The minimum atomic E-state index is -0.798. The summed E-state index contributed by atoms with van der Waals surface area (Å²) in [6, 6.07) is -0.785. The third-order valence-corrected chi connectivity index (χ3v) is 3.92. The van der Waals surface area contributed by atoms with Crippen LogP contribution in [0.3, 0.4) is 0 Å². The van der Waals surface area contributed by atoms with Crippen LogP contribution in [0.2, 0.25) is 0 Å². The van der Waals surface area contributed by atoms with E-state index >= 15 is 0 Å². The number of allylic oxidation sites excluding steroid dienone is 1. The molecule has 2 N–H and O–H groups in total. The first-order valence-electron chi connectivity index (χ1n) is 7.48. The molecule has 0 radical (unpaired) electrons. The normalized spacial score (nSPS) is 23.4. The van der Waals surface area contributed by atoms with E-state index < -0.39 is 12.0 Å². The van der Waals surface area contributed by atoms with Gasteiger partial charge in [0.2, 0.25) is 5.91 Å². The standard InChI is InChI=1S/C16H26N2O4/c1-5-6-13-9-15(16(20)21)18(10-13)8-7-14(11(2)22-4)17-12(3)19/h5-6,13-15H,2,7-10H2,1,3-4H3,(H,17,19)(H,20,21). The van der Waals surface area contributed by atoms with Crippen molar-refractivity contribution in [3.8, 4) is 0 Å². The number of nitrogens with one attached hydrogen (secondary N) is 1. The van der Waals surface area contributed by atoms with Crippen molar-refractivity contribution in [1.29, 1.82) is 0 Å². The van der Waals surface area contributed by atoms with E-state index in [2.05, 4.69) is 18.0 Å². The van der Waals surface area contributed by atoms with Gasteiger partial charge in [-0.3, -0.25) is 14.5 Å². The van der Waals surface area contributed by atoms with E-state index in [-0.39, 0.29) is 17.9 Å². The quantitative estimate of drug-likeness (QED) is 0.523. The first-order valence-corrected chi connectivity index (χ1v) is 7.48. The van der Waals surface area contributed by atoms with Crippen LogP contribution in [0.1, 0.15) is 26.7 Å². The Morgan fingerprint density at radius 3 is 2.73 bits per heavy atom. The molecule has 0 aromatic rings. The highest BCUT2D eigenvalue weighted by molar-refractivity contribution is 5.74. The molecule has 1 fully saturated rings. The molecule has 0 aromatic carbocycles. The summed E-state index contributed by atoms with van der Waals surface area (Å²) in [4.78, 5) is 24.6. The molecule has 0 aromatic heterocycles. The highest BCUT2D eigenvalue weighted by Gasteiger charge is 2.35. The number of likely N-dealkylation sites (tertiary alicyclic amines) is 1. The Balaban J connectivity index is 2.67. The Morgan fingerprint density at radius 1 is 1.55 bits per heavy atom. The summed E-state index contributed by atoms with van der Waals surface area (Å²) in [5.41, 5.74) is 0. The van der Waals surface area contributed by atoms with Gasteiger partial charge in [0, 0.05) is 20.0 Å². The lowest BCUT2D eigenvalue weighted by atomic mass is 10.1. The Labute approximate surface area is 131 Å². The minimum absolute atomic E-state index is 0.161. The topological polar surface area (TPSA) is 78.9 Å². The average molecular weight is 310 g/mol. The molecule has 6 heteroatoms. The van der Waals surface area contributed by atoms with Crippen LogP contribution in [-0.4, -0.2) is 54.2 Å². The molecule has 0 aliphatic carbocycles. The lowest BCUT2D eigenvalue weighted by Gasteiger charge is -2.25. The van der Waals surface area contributed by atoms with Gasteiger partial charge in [0.05, 0.1) is 13.2 Å². The number of aliphatic carboxylic acids is 1. The Morgan fingerprint density at radius 2 is 2.23 bits per heavy atom. The van der Waals surface area contributed by atoms with Crippen LogP contribution in [-0.2, 0) is 14.3 Å². The number of rotatable bonds is 8. The number of carbonyl (C=O) groups is 2. The summed E-state index contributed by atoms with van der Waals surface area (Å²) in [7, 11) is 1.51. The number of ether oxygens (including phenoxy) is 1. The van der Waals surface area contributed by atoms with Gasteiger partial charge < -0.3 is 15.2 Å². The summed E-state index contributed by atoms with van der Waals surface area (Å²) in [5, 5.41) is 12.1. The summed E-state index contributed by atoms with van der Waals surface area (Å²) in [6.45, 7) is 8.45. The highest BCUT2D eigenvalue weighted by atomic mass is 16.5. The maximum Gasteiger partial charge on any atom is 0.320 e. The highest BCUT2D eigenvalue weighted by Crippen LogP contribution is 2.25. The number of carboxylic acid groups (broad SMARTS) is 1. The van der Waals surface area contributed by atoms with Crippen molar-refractivity contribution in [1.82, 2.24) is 10.2 Å². The van der Waals surface area contributed by atoms with E-state index in [1.807, 2.05) is 17.9 Å². The third kappa shape index (κ3) is 5.18. The van der Waals surface area contributed by atoms with Crippen LogP contribution < -0.4 is 5.32 Å². The third-order valence-electron chi connectivity index (χ3n) is 3.92. The molecule has 1 aliphatic rings. The molecule has 0 spiro atoms. The summed E-state index contributed by atoms with van der Waals surface area (Å²) < 4.78 is 5.11. The second-order valence-corrected chi connectivity index (χ2v) is 5.58. The number of hydrogen-bond acceptors (Lipinski definition) is 4. The molecule has 0 saturated carbocycles. The van der Waals surface area contributed by atoms with Crippen LogP contribution in [0.5, 0.6) is 0 Å². The van der Waals surface area contributed by atoms with Crippen molar-refractivity contribution in [2.75, 3.05) is 20.2 Å². The van der Waals surface area contributed by atoms with E-state index in [0.29, 0.717) is 31.7 Å². The van der Waals surface area contributed by atoms with Crippen molar-refractivity contribution in [2.24, 2.45) is 5.92 Å². The predicted octanol–water partition coefficient (Wildman–Crippen LogP) is 1.39. The number of nitrogens with zero attached hydrogens (tertiary/aromatic N) is 1. The van der Waals surface area contributed by atoms with Crippen molar-refractivity contribution in [3.05, 3.63) is 24.5 Å². The Hall–Kier alpha value is -1.82. The maximum absolute atomic E-state index is 11.4. The monoisotopic (exact) mass is 310 g/mol. The second kappa shape index (κ2) is 8.58. The van der Waals surface area contributed by atoms with Crippen LogP contribution in [0.4, 0.5) is 0 Å². The largest absolute Gasteiger partial charge is 0.500 e. The van der Waals surface area contributed by atoms with Crippen LogP contribution in [0, 0.1) is 5.92 Å². The van der Waals surface area contributed by atoms with E-state index in [1.165, 1.54) is 14.0 Å². The number of methoxy groups -OCH3 is 1. The molecule has 3 atom stereocenters. The number of amides is 1. The van der Waals surface area contributed by atoms with Crippen LogP contribution in [0.15, 0.2) is 24.5 Å². The average Bonchev–Trinajstić information content (AvgIpc) is 2.86. The van der Waals surface area contributed by atoms with E-state index in [9.17, 15) is 14.7 Å². The fourth-order valence-electron chi connectivity index (χ4n) is 2.85. The number of hydrogen-bond donors (Lipinski definition) is 2. The van der Waals surface area contributed by atoms with E-state index in [0.717, 1.165) is 0 Å². The van der Waals surface area contributed by atoms with E-state index in [4.69, 9.17) is 4.74 Å². The van der Waals surface area contributed by atoms with Crippen molar-refractivity contribution < 1.29 is 19.4 Å². The number of carbonyl (C=O) groups excluding carboxylic acids is 1. The molecule has 124 valence electrons. The molecule has 1 aliphatic heterocycles. The van der Waals surface area contributed by atoms with Gasteiger partial charge in [-0.05, 0) is 25.7 Å². The molecule has 1 saturated heterocycles. The molecular formula is C16H26N2O4. The first-order chi connectivity index (χ1) is 10.4. The van der Waals surface area contributed by atoms with Gasteiger partial charge >= 0.3 is 5.97 Å². The summed E-state index contributed by atoms with van der Waals surface area (Å²) in [6.07, 6.45) is 5.20. The van der Waals surface area contributed by atoms with Crippen molar-refractivity contribution in [2.45, 2.75) is 38.8 Å². The SMILES string of the molecule is C=C(OC)C(CCN1CC(C=CC)CC1C(=O)O)NC(C)=O. The van der Waals surface area contributed by atoms with Gasteiger partial charge in [0.15, 0.2) is 0 Å². The molecule has 22 heavy (non-hydrogen) atoms. The van der Waals surface area contributed by atoms with Crippen molar-refractivity contribution >= 4 is 11.9 Å². The summed E-state index contributed by atoms with van der Waals surface area (Å²) >= 11 is 0. The van der Waals surface area contributed by atoms with E-state index in [1.54, 1.807) is 0 Å². The van der Waals surface area contributed by atoms with Gasteiger partial charge in [-0.15, -0.1) is 0 Å². The molecule has 6 nitrogen and oxygen atoms in total. The van der Waals surface area contributed by atoms with Crippen LogP contribution >= 0.6 is 0 Å². The molecule has 0 bridgehead atoms. The van der Waals surface area contributed by atoms with Gasteiger partial charge in [-0.1, -0.05) is 18.7 Å². The summed E-state index contributed by atoms with van der Waals surface area (Å²) in [5.74, 6) is -0.220. The Kier molecular flexibility index (Phi) is 7.11. The van der Waals surface area contributed by atoms with Crippen LogP contribution in [0.25, 0.3) is 0 Å².